The normalized spacial score (nSPS) is 12.3. The minimum Gasteiger partial charge on any atom is -0.288 e. The van der Waals surface area contributed by atoms with Crippen LogP contribution in [0.1, 0.15) is 22.8 Å². The molecule has 6 nitrogen and oxygen atoms in total. The summed E-state index contributed by atoms with van der Waals surface area (Å²) in [5.74, 6) is -0.880. The van der Waals surface area contributed by atoms with Gasteiger partial charge < -0.3 is 0 Å². The van der Waals surface area contributed by atoms with Crippen molar-refractivity contribution in [3.63, 3.8) is 0 Å². The molecule has 0 bridgehead atoms. The van der Waals surface area contributed by atoms with Gasteiger partial charge in [-0.05, 0) is 67.1 Å². The molecule has 0 fully saturated rings. The predicted molar refractivity (Wildman–Crippen MR) is 160 cm³/mol. The van der Waals surface area contributed by atoms with Crippen LogP contribution in [0.2, 0.25) is 0 Å². The van der Waals surface area contributed by atoms with E-state index in [0.29, 0.717) is 11.1 Å². The fourth-order valence-electron chi connectivity index (χ4n) is 4.66. The second kappa shape index (κ2) is 13.1. The number of carbonyl (C=O) groups excluding carboxylic acids is 2. The first-order valence-electron chi connectivity index (χ1n) is 12.7. The van der Waals surface area contributed by atoms with Gasteiger partial charge in [0.15, 0.2) is 0 Å². The quantitative estimate of drug-likeness (QED) is 0.123. The average molecular weight is 539 g/mol. The Morgan fingerprint density at radius 3 is 1.82 bits per heavy atom. The van der Waals surface area contributed by atoms with Crippen molar-refractivity contribution in [2.45, 2.75) is 13.0 Å². The number of amides is 2. The molecule has 4 aromatic rings. The molecule has 0 spiro atoms. The SMILES string of the molecule is CC(C[P+](c1ccccc1)(c1ccccc1)c1ccccc1)N(C)NC(=O)c1cccc(/C=C/C(=O)NO)c1. The van der Waals surface area contributed by atoms with Crippen LogP contribution in [0.25, 0.3) is 6.08 Å². The summed E-state index contributed by atoms with van der Waals surface area (Å²) in [5.41, 5.74) is 5.74. The molecule has 1 unspecified atom stereocenters. The maximum atomic E-state index is 13.2. The molecule has 2 amide bonds. The van der Waals surface area contributed by atoms with Crippen LogP contribution in [0.4, 0.5) is 0 Å². The van der Waals surface area contributed by atoms with Crippen molar-refractivity contribution in [2.24, 2.45) is 0 Å². The molecule has 198 valence electrons. The van der Waals surface area contributed by atoms with Gasteiger partial charge in [0.25, 0.3) is 11.8 Å². The first-order valence-corrected chi connectivity index (χ1v) is 14.7. The van der Waals surface area contributed by atoms with Crippen LogP contribution in [0.3, 0.4) is 0 Å². The highest BCUT2D eigenvalue weighted by atomic mass is 31.2. The van der Waals surface area contributed by atoms with Gasteiger partial charge in [0.1, 0.15) is 23.2 Å². The molecule has 0 aliphatic carbocycles. The Balaban J connectivity index is 1.63. The second-order valence-electron chi connectivity index (χ2n) is 9.33. The van der Waals surface area contributed by atoms with E-state index >= 15 is 0 Å². The van der Waals surface area contributed by atoms with Crippen LogP contribution in [0.5, 0.6) is 0 Å². The van der Waals surface area contributed by atoms with Crippen LogP contribution in [-0.4, -0.2) is 41.3 Å². The smallest absolute Gasteiger partial charge is 0.267 e. The number of nitrogens with zero attached hydrogens (tertiary/aromatic N) is 1. The van der Waals surface area contributed by atoms with Crippen LogP contribution < -0.4 is 26.8 Å². The lowest BCUT2D eigenvalue weighted by molar-refractivity contribution is -0.124. The molecule has 0 heterocycles. The van der Waals surface area contributed by atoms with Crippen molar-refractivity contribution in [3.05, 3.63) is 132 Å². The monoisotopic (exact) mass is 538 g/mol. The summed E-state index contributed by atoms with van der Waals surface area (Å²) in [4.78, 5) is 24.5. The Morgan fingerprint density at radius 2 is 1.33 bits per heavy atom. The molecule has 0 saturated heterocycles. The third-order valence-electron chi connectivity index (χ3n) is 6.75. The van der Waals surface area contributed by atoms with Gasteiger partial charge >= 0.3 is 0 Å². The first-order chi connectivity index (χ1) is 18.9. The van der Waals surface area contributed by atoms with Gasteiger partial charge in [-0.2, -0.15) is 0 Å². The molecule has 39 heavy (non-hydrogen) atoms. The molecule has 7 heteroatoms. The zero-order valence-electron chi connectivity index (χ0n) is 22.1. The molecular formula is C32H33N3O3P+. The second-order valence-corrected chi connectivity index (χ2v) is 12.9. The van der Waals surface area contributed by atoms with Gasteiger partial charge in [-0.25, -0.2) is 10.5 Å². The Labute approximate surface area is 230 Å². The third kappa shape index (κ3) is 6.68. The summed E-state index contributed by atoms with van der Waals surface area (Å²) < 4.78 is 0. The van der Waals surface area contributed by atoms with E-state index < -0.39 is 13.2 Å². The van der Waals surface area contributed by atoms with Gasteiger partial charge in [0.2, 0.25) is 0 Å². The van der Waals surface area contributed by atoms with E-state index in [4.69, 9.17) is 5.21 Å². The van der Waals surface area contributed by atoms with Crippen molar-refractivity contribution in [1.29, 1.82) is 0 Å². The predicted octanol–water partition coefficient (Wildman–Crippen LogP) is 4.16. The summed E-state index contributed by atoms with van der Waals surface area (Å²) in [6.45, 7) is 2.14. The minimum absolute atomic E-state index is 0.000713. The zero-order valence-corrected chi connectivity index (χ0v) is 23.0. The largest absolute Gasteiger partial charge is 0.288 e. The number of benzene rings is 4. The molecule has 0 aliphatic rings. The topological polar surface area (TPSA) is 81.7 Å². The maximum absolute atomic E-state index is 13.2. The molecule has 0 aromatic heterocycles. The standard InChI is InChI=1S/C32H32N3O3P/c1-25(35(2)33-32(37)27-14-12-13-26(23-27)21-22-31(36)34-38)24-39(28-15-6-3-7-16-28,29-17-8-4-9-18-29)30-19-10-5-11-20-30/h3-23,25H,24H2,1-2H3,(H2-,33,34,36,37,38)/p+1/b22-21+. The Morgan fingerprint density at radius 1 is 0.821 bits per heavy atom. The number of rotatable bonds is 10. The minimum atomic E-state index is -2.07. The van der Waals surface area contributed by atoms with Crippen molar-refractivity contribution in [1.82, 2.24) is 15.9 Å². The van der Waals surface area contributed by atoms with Gasteiger partial charge in [0.05, 0.1) is 12.2 Å². The molecule has 1 atom stereocenters. The van der Waals surface area contributed by atoms with Crippen molar-refractivity contribution < 1.29 is 14.8 Å². The molecule has 4 rings (SSSR count). The van der Waals surface area contributed by atoms with E-state index in [2.05, 4.69) is 85.1 Å². The molecule has 0 aliphatic heterocycles. The van der Waals surface area contributed by atoms with Gasteiger partial charge in [-0.3, -0.25) is 20.2 Å². The summed E-state index contributed by atoms with van der Waals surface area (Å²) in [6, 6.07) is 39.0. The van der Waals surface area contributed by atoms with Crippen molar-refractivity contribution in [2.75, 3.05) is 13.2 Å². The fraction of sp³-hybridized carbons (Fsp3) is 0.125. The first kappa shape index (κ1) is 27.9. The third-order valence-corrected chi connectivity index (χ3v) is 11.4. The molecular weight excluding hydrogens is 505 g/mol. The van der Waals surface area contributed by atoms with Crippen molar-refractivity contribution in [3.8, 4) is 0 Å². The Kier molecular flexibility index (Phi) is 9.40. The molecule has 3 N–H and O–H groups in total. The zero-order chi connectivity index (χ0) is 27.7. The lowest BCUT2D eigenvalue weighted by Crippen LogP contribution is -2.48. The average Bonchev–Trinajstić information content (AvgIpc) is 3.00. The molecule has 4 aromatic carbocycles. The highest BCUT2D eigenvalue weighted by Crippen LogP contribution is 2.56. The number of hydrogen-bond acceptors (Lipinski definition) is 4. The van der Waals surface area contributed by atoms with Crippen molar-refractivity contribution >= 4 is 41.1 Å². The van der Waals surface area contributed by atoms with Crippen LogP contribution in [-0.2, 0) is 4.79 Å². The lowest BCUT2D eigenvalue weighted by atomic mass is 10.1. The Hall–Kier alpha value is -4.09. The summed E-state index contributed by atoms with van der Waals surface area (Å²) in [7, 11) is -0.172. The molecule has 0 radical (unpaired) electrons. The van der Waals surface area contributed by atoms with E-state index in [1.807, 2.05) is 30.3 Å². The van der Waals surface area contributed by atoms with E-state index in [0.717, 1.165) is 6.16 Å². The highest BCUT2D eigenvalue weighted by molar-refractivity contribution is 7.95. The maximum Gasteiger partial charge on any atom is 0.267 e. The summed E-state index contributed by atoms with van der Waals surface area (Å²) in [5, 5.41) is 14.4. The van der Waals surface area contributed by atoms with Gasteiger partial charge in [-0.15, -0.1) is 0 Å². The van der Waals surface area contributed by atoms with E-state index in [-0.39, 0.29) is 11.9 Å². The van der Waals surface area contributed by atoms with E-state index in [1.54, 1.807) is 29.7 Å². The number of carbonyl (C=O) groups is 2. The number of hydroxylamine groups is 1. The number of nitrogens with one attached hydrogen (secondary N) is 2. The van der Waals surface area contributed by atoms with Crippen LogP contribution in [0, 0.1) is 0 Å². The van der Waals surface area contributed by atoms with E-state index in [1.165, 1.54) is 28.1 Å². The van der Waals surface area contributed by atoms with Gasteiger partial charge in [-0.1, -0.05) is 66.7 Å². The van der Waals surface area contributed by atoms with Crippen LogP contribution >= 0.6 is 7.26 Å². The van der Waals surface area contributed by atoms with E-state index in [9.17, 15) is 9.59 Å². The van der Waals surface area contributed by atoms with Gasteiger partial charge in [0, 0.05) is 18.7 Å². The van der Waals surface area contributed by atoms with Crippen LogP contribution in [0.15, 0.2) is 121 Å². The lowest BCUT2D eigenvalue weighted by Gasteiger charge is -2.33. The highest BCUT2D eigenvalue weighted by Gasteiger charge is 2.47. The number of hydrazine groups is 1. The summed E-state index contributed by atoms with van der Waals surface area (Å²) in [6.07, 6.45) is 3.55. The fourth-order valence-corrected chi connectivity index (χ4v) is 9.27. The molecule has 0 saturated carbocycles. The Bertz CT molecular complexity index is 1320. The summed E-state index contributed by atoms with van der Waals surface area (Å²) >= 11 is 0. The number of hydrogen-bond donors (Lipinski definition) is 3.